The lowest BCUT2D eigenvalue weighted by Crippen LogP contribution is -2.20. The number of thiocarbonyl (C=S) groups is 1. The van der Waals surface area contributed by atoms with Crippen LogP contribution in [-0.4, -0.2) is 14.9 Å². The summed E-state index contributed by atoms with van der Waals surface area (Å²) in [5.74, 6) is 0.552. The molecule has 4 nitrogen and oxygen atoms in total. The van der Waals surface area contributed by atoms with Gasteiger partial charge in [0.25, 0.3) is 0 Å². The van der Waals surface area contributed by atoms with E-state index in [1.165, 1.54) is 5.56 Å². The minimum atomic E-state index is 0.534. The largest absolute Gasteiger partial charge is 0.332 e. The average Bonchev–Trinajstić information content (AvgIpc) is 2.98. The predicted molar refractivity (Wildman–Crippen MR) is 132 cm³/mol. The van der Waals surface area contributed by atoms with Gasteiger partial charge in [-0.25, -0.2) is 0 Å². The van der Waals surface area contributed by atoms with E-state index in [2.05, 4.69) is 53.8 Å². The Labute approximate surface area is 193 Å². The van der Waals surface area contributed by atoms with Gasteiger partial charge >= 0.3 is 0 Å². The summed E-state index contributed by atoms with van der Waals surface area (Å²) in [6.07, 6.45) is 1.12. The minimum Gasteiger partial charge on any atom is -0.332 e. The van der Waals surface area contributed by atoms with Crippen molar-refractivity contribution in [1.29, 1.82) is 0 Å². The van der Waals surface area contributed by atoms with Gasteiger partial charge in [0.15, 0.2) is 5.11 Å². The van der Waals surface area contributed by atoms with E-state index in [1.807, 2.05) is 30.7 Å². The Balaban J connectivity index is 1.69. The number of benzene rings is 2. The summed E-state index contributed by atoms with van der Waals surface area (Å²) in [5, 5.41) is 12.8. The first-order valence-electron chi connectivity index (χ1n) is 9.94. The molecule has 2 N–H and O–H groups in total. The van der Waals surface area contributed by atoms with Crippen LogP contribution < -0.4 is 10.6 Å². The Kier molecular flexibility index (Phi) is 7.40. The van der Waals surface area contributed by atoms with Gasteiger partial charge in [0.2, 0.25) is 0 Å². The quantitative estimate of drug-likeness (QED) is 0.382. The first kappa shape index (κ1) is 22.6. The van der Waals surface area contributed by atoms with Gasteiger partial charge in [0.1, 0.15) is 0 Å². The Bertz CT molecular complexity index is 1040. The molecule has 1 aromatic heterocycles. The molecular weight excluding hydrogens is 435 g/mol. The maximum atomic E-state index is 6.14. The van der Waals surface area contributed by atoms with Crippen LogP contribution in [0.5, 0.6) is 0 Å². The molecule has 0 aliphatic rings. The van der Waals surface area contributed by atoms with Crippen LogP contribution in [0.3, 0.4) is 0 Å². The fraction of sp³-hybridized carbons (Fsp3) is 0.304. The smallest absolute Gasteiger partial charge is 0.175 e. The molecule has 0 aliphatic heterocycles. The zero-order valence-electron chi connectivity index (χ0n) is 17.6. The van der Waals surface area contributed by atoms with Crippen LogP contribution in [0, 0.1) is 13.8 Å². The molecule has 3 rings (SSSR count). The fourth-order valence-electron chi connectivity index (χ4n) is 3.25. The van der Waals surface area contributed by atoms with Gasteiger partial charge in [-0.2, -0.15) is 5.10 Å². The molecule has 30 heavy (non-hydrogen) atoms. The first-order chi connectivity index (χ1) is 14.3. The zero-order chi connectivity index (χ0) is 21.8. The number of anilines is 2. The Morgan fingerprint density at radius 3 is 2.40 bits per heavy atom. The second-order valence-electron chi connectivity index (χ2n) is 7.46. The molecule has 0 spiro atoms. The van der Waals surface area contributed by atoms with E-state index < -0.39 is 0 Å². The van der Waals surface area contributed by atoms with Crippen LogP contribution in [-0.2, 0) is 6.54 Å². The second-order valence-corrected chi connectivity index (χ2v) is 8.69. The van der Waals surface area contributed by atoms with Crippen molar-refractivity contribution in [3.05, 3.63) is 75.0 Å². The van der Waals surface area contributed by atoms with E-state index >= 15 is 0 Å². The summed E-state index contributed by atoms with van der Waals surface area (Å²) in [4.78, 5) is 0. The predicted octanol–water partition coefficient (Wildman–Crippen LogP) is 7.18. The first-order valence-corrected chi connectivity index (χ1v) is 11.1. The molecule has 1 unspecified atom stereocenters. The summed E-state index contributed by atoms with van der Waals surface area (Å²) in [6.45, 7) is 9.01. The molecule has 7 heteroatoms. The lowest BCUT2D eigenvalue weighted by Gasteiger charge is -2.13. The fourth-order valence-corrected chi connectivity index (χ4v) is 3.79. The standard InChI is InChI=1S/C23H26Cl2N4S/c1-5-14(2)18-7-9-19(10-8-18)26-23(30)27-22-15(3)28-29(16(22)4)13-17-6-11-20(24)21(25)12-17/h6-12,14H,5,13H2,1-4H3,(H2,26,27,30). The Hall–Kier alpha value is -2.08. The van der Waals surface area contributed by atoms with Crippen LogP contribution in [0.25, 0.3) is 0 Å². The van der Waals surface area contributed by atoms with Crippen molar-refractivity contribution in [2.45, 2.75) is 46.6 Å². The number of rotatable bonds is 6. The van der Waals surface area contributed by atoms with Gasteiger partial charge in [-0.3, -0.25) is 4.68 Å². The lowest BCUT2D eigenvalue weighted by molar-refractivity contribution is 0.659. The van der Waals surface area contributed by atoms with E-state index in [-0.39, 0.29) is 0 Å². The number of aromatic nitrogens is 2. The number of halogens is 2. The number of hydrogen-bond acceptors (Lipinski definition) is 2. The van der Waals surface area contributed by atoms with Crippen LogP contribution in [0.15, 0.2) is 42.5 Å². The summed E-state index contributed by atoms with van der Waals surface area (Å²) < 4.78 is 1.93. The third kappa shape index (κ3) is 5.34. The highest BCUT2D eigenvalue weighted by Gasteiger charge is 2.14. The molecule has 2 aromatic carbocycles. The monoisotopic (exact) mass is 460 g/mol. The van der Waals surface area contributed by atoms with Crippen LogP contribution >= 0.6 is 35.4 Å². The molecule has 0 saturated carbocycles. The van der Waals surface area contributed by atoms with E-state index in [9.17, 15) is 0 Å². The molecule has 158 valence electrons. The van der Waals surface area contributed by atoms with Crippen molar-refractivity contribution < 1.29 is 0 Å². The summed E-state index contributed by atoms with van der Waals surface area (Å²) in [7, 11) is 0. The molecule has 0 bridgehead atoms. The Morgan fingerprint density at radius 2 is 1.77 bits per heavy atom. The molecular formula is C23H26Cl2N4S. The number of hydrogen-bond donors (Lipinski definition) is 2. The third-order valence-corrected chi connectivity index (χ3v) is 6.23. The molecule has 0 amide bonds. The molecule has 0 radical (unpaired) electrons. The molecule has 0 fully saturated rings. The maximum absolute atomic E-state index is 6.14. The molecule has 3 aromatic rings. The molecule has 1 heterocycles. The van der Waals surface area contributed by atoms with Crippen molar-refractivity contribution in [3.63, 3.8) is 0 Å². The number of aryl methyl sites for hydroxylation is 1. The second kappa shape index (κ2) is 9.82. The molecule has 0 saturated heterocycles. The average molecular weight is 461 g/mol. The number of nitrogens with zero attached hydrogens (tertiary/aromatic N) is 2. The number of nitrogens with one attached hydrogen (secondary N) is 2. The van der Waals surface area contributed by atoms with Gasteiger partial charge in [0.05, 0.1) is 33.7 Å². The van der Waals surface area contributed by atoms with Crippen molar-refractivity contribution in [3.8, 4) is 0 Å². The highest BCUT2D eigenvalue weighted by atomic mass is 35.5. The van der Waals surface area contributed by atoms with Gasteiger partial charge in [-0.1, -0.05) is 55.2 Å². The lowest BCUT2D eigenvalue weighted by atomic mass is 9.99. The van der Waals surface area contributed by atoms with Gasteiger partial charge in [-0.15, -0.1) is 0 Å². The van der Waals surface area contributed by atoms with Crippen LogP contribution in [0.4, 0.5) is 11.4 Å². The SMILES string of the molecule is CCC(C)c1ccc(NC(=S)Nc2c(C)nn(Cc3ccc(Cl)c(Cl)c3)c2C)cc1. The van der Waals surface area contributed by atoms with Crippen LogP contribution in [0.2, 0.25) is 10.0 Å². The van der Waals surface area contributed by atoms with E-state index in [1.54, 1.807) is 6.07 Å². The zero-order valence-corrected chi connectivity index (χ0v) is 19.9. The van der Waals surface area contributed by atoms with Crippen molar-refractivity contribution in [1.82, 2.24) is 9.78 Å². The summed E-state index contributed by atoms with van der Waals surface area (Å²) >= 11 is 17.7. The van der Waals surface area contributed by atoms with Gasteiger partial charge < -0.3 is 10.6 Å². The third-order valence-electron chi connectivity index (χ3n) is 5.29. The van der Waals surface area contributed by atoms with Gasteiger partial charge in [0, 0.05) is 5.69 Å². The Morgan fingerprint density at radius 1 is 1.07 bits per heavy atom. The summed E-state index contributed by atoms with van der Waals surface area (Å²) in [5.41, 5.74) is 6.10. The normalized spacial score (nSPS) is 11.9. The summed E-state index contributed by atoms with van der Waals surface area (Å²) in [6, 6.07) is 14.0. The van der Waals surface area contributed by atoms with E-state index in [4.69, 9.17) is 35.4 Å². The van der Waals surface area contributed by atoms with E-state index in [0.717, 1.165) is 34.7 Å². The molecule has 1 atom stereocenters. The maximum Gasteiger partial charge on any atom is 0.175 e. The molecule has 0 aliphatic carbocycles. The highest BCUT2D eigenvalue weighted by molar-refractivity contribution is 7.80. The highest BCUT2D eigenvalue weighted by Crippen LogP contribution is 2.25. The minimum absolute atomic E-state index is 0.534. The van der Waals surface area contributed by atoms with Gasteiger partial charge in [-0.05, 0) is 73.8 Å². The van der Waals surface area contributed by atoms with Crippen LogP contribution in [0.1, 0.15) is 48.7 Å². The van der Waals surface area contributed by atoms with Crippen molar-refractivity contribution in [2.75, 3.05) is 10.6 Å². The van der Waals surface area contributed by atoms with Crippen molar-refractivity contribution >= 4 is 51.9 Å². The van der Waals surface area contributed by atoms with E-state index in [0.29, 0.717) is 27.6 Å². The topological polar surface area (TPSA) is 41.9 Å². The van der Waals surface area contributed by atoms with Crippen molar-refractivity contribution in [2.24, 2.45) is 0 Å².